The Hall–Kier alpha value is -2.95. The van der Waals surface area contributed by atoms with Gasteiger partial charge >= 0.3 is 0 Å². The Kier molecular flexibility index (Phi) is 2.57. The Labute approximate surface area is 121 Å². The van der Waals surface area contributed by atoms with Crippen LogP contribution in [0.4, 0.5) is 0 Å². The van der Waals surface area contributed by atoms with Crippen molar-refractivity contribution in [1.82, 2.24) is 24.5 Å². The summed E-state index contributed by atoms with van der Waals surface area (Å²) in [6, 6.07) is 18.2. The van der Waals surface area contributed by atoms with E-state index in [-0.39, 0.29) is 0 Å². The summed E-state index contributed by atoms with van der Waals surface area (Å²) in [7, 11) is 1.94. The maximum absolute atomic E-state index is 4.61. The lowest BCUT2D eigenvalue weighted by Gasteiger charge is -2.04. The lowest BCUT2D eigenvalue weighted by Crippen LogP contribution is -1.97. The molecule has 4 aromatic rings. The maximum Gasteiger partial charge on any atom is 0.189 e. The molecule has 0 atom stereocenters. The predicted molar refractivity (Wildman–Crippen MR) is 81.1 cm³/mol. The second-order valence-corrected chi connectivity index (χ2v) is 4.85. The van der Waals surface area contributed by atoms with Crippen LogP contribution >= 0.6 is 0 Å². The van der Waals surface area contributed by atoms with Crippen LogP contribution in [0, 0.1) is 0 Å². The van der Waals surface area contributed by atoms with Crippen LogP contribution in [0.5, 0.6) is 0 Å². The predicted octanol–water partition coefficient (Wildman–Crippen LogP) is 2.82. The molecule has 4 rings (SSSR count). The molecule has 5 nitrogen and oxygen atoms in total. The van der Waals surface area contributed by atoms with E-state index in [1.165, 1.54) is 0 Å². The number of nitrogens with zero attached hydrogens (tertiary/aromatic N) is 5. The standard InChI is InChI=1S/C16H13N5/c1-20-14-10-6-5-9-13(14)15(19-20)16-18-17-11-21(16)12-7-3-2-4-8-12/h2-11H,1H3. The van der Waals surface area contributed by atoms with Crippen molar-refractivity contribution >= 4 is 10.9 Å². The molecule has 0 unspecified atom stereocenters. The van der Waals surface area contributed by atoms with Crippen molar-refractivity contribution in [3.8, 4) is 17.2 Å². The first-order valence-electron chi connectivity index (χ1n) is 6.72. The van der Waals surface area contributed by atoms with Gasteiger partial charge in [-0.25, -0.2) is 0 Å². The quantitative estimate of drug-likeness (QED) is 0.565. The minimum atomic E-state index is 0.748. The van der Waals surface area contributed by atoms with Gasteiger partial charge in [-0.15, -0.1) is 10.2 Å². The van der Waals surface area contributed by atoms with E-state index < -0.39 is 0 Å². The average molecular weight is 275 g/mol. The van der Waals surface area contributed by atoms with Crippen molar-refractivity contribution in [3.63, 3.8) is 0 Å². The van der Waals surface area contributed by atoms with Crippen molar-refractivity contribution < 1.29 is 0 Å². The van der Waals surface area contributed by atoms with Gasteiger partial charge in [0.05, 0.1) is 5.52 Å². The Bertz CT molecular complexity index is 905. The largest absolute Gasteiger partial charge is 0.280 e. The van der Waals surface area contributed by atoms with Crippen molar-refractivity contribution in [1.29, 1.82) is 0 Å². The lowest BCUT2D eigenvalue weighted by molar-refractivity contribution is 0.796. The average Bonchev–Trinajstić information content (AvgIpc) is 3.13. The topological polar surface area (TPSA) is 48.5 Å². The van der Waals surface area contributed by atoms with Crippen LogP contribution in [0.1, 0.15) is 0 Å². The van der Waals surface area contributed by atoms with E-state index in [1.807, 2.05) is 58.8 Å². The molecule has 21 heavy (non-hydrogen) atoms. The third kappa shape index (κ3) is 1.82. The summed E-state index contributed by atoms with van der Waals surface area (Å²) in [6.07, 6.45) is 1.72. The van der Waals surface area contributed by atoms with E-state index >= 15 is 0 Å². The first kappa shape index (κ1) is 11.8. The molecule has 0 spiro atoms. The number of hydrogen-bond donors (Lipinski definition) is 0. The lowest BCUT2D eigenvalue weighted by atomic mass is 10.2. The fourth-order valence-electron chi connectivity index (χ4n) is 2.55. The van der Waals surface area contributed by atoms with Crippen molar-refractivity contribution in [2.24, 2.45) is 7.05 Å². The molecule has 0 amide bonds. The molecule has 102 valence electrons. The number of rotatable bonds is 2. The number of hydrogen-bond acceptors (Lipinski definition) is 3. The Balaban J connectivity index is 1.97. The van der Waals surface area contributed by atoms with Gasteiger partial charge in [0.2, 0.25) is 0 Å². The molecule has 2 heterocycles. The highest BCUT2D eigenvalue weighted by molar-refractivity contribution is 5.91. The van der Waals surface area contributed by atoms with Crippen LogP contribution in [0.2, 0.25) is 0 Å². The molecular formula is C16H13N5. The summed E-state index contributed by atoms with van der Waals surface area (Å²) in [6.45, 7) is 0. The molecule has 0 saturated heterocycles. The first-order chi connectivity index (χ1) is 10.3. The molecular weight excluding hydrogens is 262 g/mol. The van der Waals surface area contributed by atoms with Gasteiger partial charge in [0.25, 0.3) is 0 Å². The van der Waals surface area contributed by atoms with Crippen molar-refractivity contribution in [3.05, 3.63) is 60.9 Å². The molecule has 2 aromatic carbocycles. The molecule has 0 aliphatic carbocycles. The summed E-state index contributed by atoms with van der Waals surface area (Å²) in [5.41, 5.74) is 2.94. The summed E-state index contributed by atoms with van der Waals surface area (Å²) >= 11 is 0. The van der Waals surface area contributed by atoms with Gasteiger partial charge in [-0.2, -0.15) is 5.10 Å². The molecule has 0 N–H and O–H groups in total. The summed E-state index contributed by atoms with van der Waals surface area (Å²) in [5, 5.41) is 14.0. The first-order valence-corrected chi connectivity index (χ1v) is 6.72. The third-order valence-corrected chi connectivity index (χ3v) is 3.55. The highest BCUT2D eigenvalue weighted by atomic mass is 15.3. The number of para-hydroxylation sites is 2. The van der Waals surface area contributed by atoms with E-state index in [0.717, 1.165) is 28.1 Å². The van der Waals surface area contributed by atoms with E-state index in [1.54, 1.807) is 6.33 Å². The Morgan fingerprint density at radius 3 is 2.52 bits per heavy atom. The molecule has 0 bridgehead atoms. The van der Waals surface area contributed by atoms with Crippen LogP contribution in [-0.4, -0.2) is 24.5 Å². The summed E-state index contributed by atoms with van der Waals surface area (Å²) < 4.78 is 3.82. The van der Waals surface area contributed by atoms with Gasteiger partial charge in [-0.3, -0.25) is 9.25 Å². The Morgan fingerprint density at radius 2 is 1.67 bits per heavy atom. The van der Waals surface area contributed by atoms with Crippen molar-refractivity contribution in [2.45, 2.75) is 0 Å². The number of fused-ring (bicyclic) bond motifs is 1. The van der Waals surface area contributed by atoms with Crippen LogP contribution in [0.3, 0.4) is 0 Å². The molecule has 0 aliphatic rings. The fourth-order valence-corrected chi connectivity index (χ4v) is 2.55. The zero-order chi connectivity index (χ0) is 14.2. The van der Waals surface area contributed by atoms with Gasteiger partial charge in [0.1, 0.15) is 12.0 Å². The monoisotopic (exact) mass is 275 g/mol. The van der Waals surface area contributed by atoms with Gasteiger partial charge in [0.15, 0.2) is 5.82 Å². The number of benzene rings is 2. The van der Waals surface area contributed by atoms with Crippen molar-refractivity contribution in [2.75, 3.05) is 0 Å². The van der Waals surface area contributed by atoms with Crippen LogP contribution < -0.4 is 0 Å². The maximum atomic E-state index is 4.61. The molecule has 0 radical (unpaired) electrons. The van der Waals surface area contributed by atoms with Gasteiger partial charge in [-0.05, 0) is 18.2 Å². The number of aromatic nitrogens is 5. The molecule has 0 aliphatic heterocycles. The summed E-state index contributed by atoms with van der Waals surface area (Å²) in [5.74, 6) is 0.748. The minimum absolute atomic E-state index is 0.748. The number of aryl methyl sites for hydroxylation is 1. The molecule has 0 saturated carbocycles. The second kappa shape index (κ2) is 4.56. The van der Waals surface area contributed by atoms with Gasteiger partial charge in [-0.1, -0.05) is 36.4 Å². The summed E-state index contributed by atoms with van der Waals surface area (Å²) in [4.78, 5) is 0. The zero-order valence-electron chi connectivity index (χ0n) is 11.5. The van der Waals surface area contributed by atoms with E-state index in [9.17, 15) is 0 Å². The fraction of sp³-hybridized carbons (Fsp3) is 0.0625. The van der Waals surface area contributed by atoms with E-state index in [2.05, 4.69) is 27.4 Å². The van der Waals surface area contributed by atoms with Crippen LogP contribution in [0.15, 0.2) is 60.9 Å². The smallest absolute Gasteiger partial charge is 0.189 e. The minimum Gasteiger partial charge on any atom is -0.280 e. The van der Waals surface area contributed by atoms with Gasteiger partial charge < -0.3 is 0 Å². The Morgan fingerprint density at radius 1 is 0.905 bits per heavy atom. The van der Waals surface area contributed by atoms with E-state index in [4.69, 9.17) is 0 Å². The highest BCUT2D eigenvalue weighted by Gasteiger charge is 2.16. The SMILES string of the molecule is Cn1nc(-c2nncn2-c2ccccc2)c2ccccc21. The normalized spacial score (nSPS) is 11.1. The molecule has 0 fully saturated rings. The van der Waals surface area contributed by atoms with Crippen LogP contribution in [0.25, 0.3) is 28.1 Å². The molecule has 5 heteroatoms. The zero-order valence-corrected chi connectivity index (χ0v) is 11.5. The van der Waals surface area contributed by atoms with E-state index in [0.29, 0.717) is 0 Å². The van der Waals surface area contributed by atoms with Crippen LogP contribution in [-0.2, 0) is 7.05 Å². The third-order valence-electron chi connectivity index (χ3n) is 3.55. The second-order valence-electron chi connectivity index (χ2n) is 4.85. The highest BCUT2D eigenvalue weighted by Crippen LogP contribution is 2.27. The van der Waals surface area contributed by atoms with Gasteiger partial charge in [0, 0.05) is 18.1 Å². The molecule has 2 aromatic heterocycles.